The molecule has 38 valence electrons. The Morgan fingerprint density at radius 2 is 2.57 bits per heavy atom. The molecule has 0 atom stereocenters. The summed E-state index contributed by atoms with van der Waals surface area (Å²) in [5.41, 5.74) is 0. The number of carbonyl (C=O) groups is 1. The van der Waals surface area contributed by atoms with Crippen LogP contribution >= 0.6 is 11.8 Å². The van der Waals surface area contributed by atoms with E-state index in [-0.39, 0.29) is 5.75 Å². The zero-order valence-electron chi connectivity index (χ0n) is 3.42. The van der Waals surface area contributed by atoms with Crippen molar-refractivity contribution in [1.82, 2.24) is 0 Å². The minimum Gasteiger partial charge on any atom is -0.473 e. The normalized spacial score (nSPS) is 7.29. The van der Waals surface area contributed by atoms with E-state index in [4.69, 9.17) is 10.4 Å². The highest BCUT2D eigenvalue weighted by Crippen LogP contribution is 1.96. The quantitative estimate of drug-likeness (QED) is 0.554. The van der Waals surface area contributed by atoms with Gasteiger partial charge >= 0.3 is 5.30 Å². The molecule has 0 saturated carbocycles. The summed E-state index contributed by atoms with van der Waals surface area (Å²) in [5.74, 6) is 0.0231. The smallest absolute Gasteiger partial charge is 0.365 e. The van der Waals surface area contributed by atoms with Crippen LogP contribution in [-0.2, 0) is 0 Å². The highest BCUT2D eigenvalue weighted by atomic mass is 32.2. The van der Waals surface area contributed by atoms with E-state index in [1.165, 1.54) is 0 Å². The average molecular weight is 117 g/mol. The zero-order chi connectivity index (χ0) is 5.70. The van der Waals surface area contributed by atoms with E-state index in [9.17, 15) is 4.79 Å². The third-order valence-electron chi connectivity index (χ3n) is 0.260. The Hall–Kier alpha value is -0.690. The molecular weight excluding hydrogens is 114 g/mol. The molecule has 4 heteroatoms. The number of rotatable bonds is 1. The van der Waals surface area contributed by atoms with Crippen molar-refractivity contribution in [3.8, 4) is 6.07 Å². The van der Waals surface area contributed by atoms with E-state index < -0.39 is 5.30 Å². The Morgan fingerprint density at radius 3 is 2.71 bits per heavy atom. The van der Waals surface area contributed by atoms with Gasteiger partial charge in [-0.1, -0.05) is 0 Å². The summed E-state index contributed by atoms with van der Waals surface area (Å²) in [7, 11) is 0. The molecule has 0 aromatic rings. The van der Waals surface area contributed by atoms with Crippen LogP contribution in [-0.4, -0.2) is 16.2 Å². The molecule has 7 heavy (non-hydrogen) atoms. The van der Waals surface area contributed by atoms with Gasteiger partial charge in [0, 0.05) is 0 Å². The number of carboxylic acid groups (broad SMARTS) is 1. The second-order valence-corrected chi connectivity index (χ2v) is 1.64. The molecule has 0 aromatic heterocycles. The first-order valence-corrected chi connectivity index (χ1v) is 2.48. The van der Waals surface area contributed by atoms with E-state index in [1.54, 1.807) is 6.07 Å². The molecule has 0 bridgehead atoms. The number of nitriles is 1. The Morgan fingerprint density at radius 1 is 2.00 bits per heavy atom. The molecule has 0 amide bonds. The van der Waals surface area contributed by atoms with Crippen LogP contribution in [0, 0.1) is 11.3 Å². The predicted octanol–water partition coefficient (Wildman–Crippen LogP) is 0.921. The maximum Gasteiger partial charge on any atom is 0.365 e. The van der Waals surface area contributed by atoms with Gasteiger partial charge in [0.25, 0.3) is 0 Å². The molecule has 0 spiro atoms. The van der Waals surface area contributed by atoms with Crippen molar-refractivity contribution < 1.29 is 9.90 Å². The van der Waals surface area contributed by atoms with Gasteiger partial charge in [-0.15, -0.1) is 0 Å². The molecule has 0 aliphatic carbocycles. The summed E-state index contributed by atoms with van der Waals surface area (Å²) < 4.78 is 0. The first kappa shape index (κ1) is 6.31. The molecule has 0 radical (unpaired) electrons. The lowest BCUT2D eigenvalue weighted by atomic mass is 10.9. The third-order valence-corrected chi connectivity index (χ3v) is 0.781. The zero-order valence-corrected chi connectivity index (χ0v) is 4.23. The van der Waals surface area contributed by atoms with Crippen molar-refractivity contribution >= 4 is 17.1 Å². The molecule has 1 N–H and O–H groups in total. The number of nitrogens with zero attached hydrogens (tertiary/aromatic N) is 1. The lowest BCUT2D eigenvalue weighted by molar-refractivity contribution is 0.222. The van der Waals surface area contributed by atoms with Crippen LogP contribution in [0.5, 0.6) is 0 Å². The average Bonchev–Trinajstić information content (AvgIpc) is 1.61. The van der Waals surface area contributed by atoms with Gasteiger partial charge in [0.05, 0.1) is 11.8 Å². The lowest BCUT2D eigenvalue weighted by Crippen LogP contribution is -1.82. The lowest BCUT2D eigenvalue weighted by Gasteiger charge is -1.78. The van der Waals surface area contributed by atoms with Gasteiger partial charge in [-0.25, -0.2) is 4.79 Å². The minimum atomic E-state index is -0.999. The fraction of sp³-hybridized carbons (Fsp3) is 0.333. The molecular formula is C3H3NO2S. The second-order valence-electron chi connectivity index (χ2n) is 0.713. The van der Waals surface area contributed by atoms with Crippen molar-refractivity contribution in [2.24, 2.45) is 0 Å². The monoisotopic (exact) mass is 117 g/mol. The predicted molar refractivity (Wildman–Crippen MR) is 26.1 cm³/mol. The topological polar surface area (TPSA) is 61.1 Å². The van der Waals surface area contributed by atoms with E-state index in [1.807, 2.05) is 0 Å². The van der Waals surface area contributed by atoms with Gasteiger partial charge in [-0.2, -0.15) is 5.26 Å². The van der Waals surface area contributed by atoms with E-state index in [0.717, 1.165) is 0 Å². The minimum absolute atomic E-state index is 0.0231. The maximum atomic E-state index is 9.57. The largest absolute Gasteiger partial charge is 0.473 e. The second kappa shape index (κ2) is 3.50. The van der Waals surface area contributed by atoms with Crippen LogP contribution in [0.4, 0.5) is 4.79 Å². The Bertz CT molecular complexity index is 106. The molecule has 0 rings (SSSR count). The van der Waals surface area contributed by atoms with Crippen LogP contribution in [0.15, 0.2) is 0 Å². The van der Waals surface area contributed by atoms with Crippen molar-refractivity contribution in [3.05, 3.63) is 0 Å². The Labute approximate surface area is 44.9 Å². The Balaban J connectivity index is 3.02. The molecule has 0 aliphatic rings. The SMILES string of the molecule is N#CCSC(=O)O. The van der Waals surface area contributed by atoms with E-state index in [2.05, 4.69) is 0 Å². The molecule has 3 nitrogen and oxygen atoms in total. The van der Waals surface area contributed by atoms with E-state index >= 15 is 0 Å². The number of thioether (sulfide) groups is 1. The number of hydrogen-bond donors (Lipinski definition) is 1. The van der Waals surface area contributed by atoms with Gasteiger partial charge < -0.3 is 5.11 Å². The van der Waals surface area contributed by atoms with Gasteiger partial charge in [-0.3, -0.25) is 0 Å². The highest BCUT2D eigenvalue weighted by Gasteiger charge is 1.91. The first-order valence-electron chi connectivity index (χ1n) is 1.50. The fourth-order valence-corrected chi connectivity index (χ4v) is 0.282. The summed E-state index contributed by atoms with van der Waals surface area (Å²) in [6.45, 7) is 0. The summed E-state index contributed by atoms with van der Waals surface area (Å²) in [6.07, 6.45) is 0. The summed E-state index contributed by atoms with van der Waals surface area (Å²) in [4.78, 5) is 9.57. The van der Waals surface area contributed by atoms with Crippen LogP contribution < -0.4 is 0 Å². The molecule has 0 aliphatic heterocycles. The van der Waals surface area contributed by atoms with Gasteiger partial charge in [-0.05, 0) is 11.8 Å². The summed E-state index contributed by atoms with van der Waals surface area (Å²) in [5, 5.41) is 14.6. The molecule has 0 heterocycles. The van der Waals surface area contributed by atoms with Gasteiger partial charge in [0.15, 0.2) is 0 Å². The fourth-order valence-electron chi connectivity index (χ4n) is 0.0940. The van der Waals surface area contributed by atoms with Crippen molar-refractivity contribution in [2.75, 3.05) is 5.75 Å². The Kier molecular flexibility index (Phi) is 3.15. The van der Waals surface area contributed by atoms with Gasteiger partial charge in [0.2, 0.25) is 0 Å². The molecule has 0 fully saturated rings. The molecule has 0 aromatic carbocycles. The van der Waals surface area contributed by atoms with Crippen LogP contribution in [0.25, 0.3) is 0 Å². The van der Waals surface area contributed by atoms with Crippen molar-refractivity contribution in [2.45, 2.75) is 0 Å². The van der Waals surface area contributed by atoms with Crippen LogP contribution in [0.1, 0.15) is 0 Å². The summed E-state index contributed by atoms with van der Waals surface area (Å²) in [6, 6.07) is 1.68. The standard InChI is InChI=1S/C3H3NO2S/c4-1-2-7-3(5)6/h2H2,(H,5,6). The van der Waals surface area contributed by atoms with Gasteiger partial charge in [0.1, 0.15) is 0 Å². The van der Waals surface area contributed by atoms with Crippen LogP contribution in [0.3, 0.4) is 0 Å². The maximum absolute atomic E-state index is 9.57. The first-order chi connectivity index (χ1) is 3.27. The third kappa shape index (κ3) is 5.31. The molecule has 0 saturated heterocycles. The summed E-state index contributed by atoms with van der Waals surface area (Å²) >= 11 is 0.587. The van der Waals surface area contributed by atoms with Crippen LogP contribution in [0.2, 0.25) is 0 Å². The van der Waals surface area contributed by atoms with Crippen molar-refractivity contribution in [3.63, 3.8) is 0 Å². The molecule has 0 unspecified atom stereocenters. The number of hydrogen-bond acceptors (Lipinski definition) is 3. The highest BCUT2D eigenvalue weighted by molar-refractivity contribution is 8.13. The van der Waals surface area contributed by atoms with Crippen molar-refractivity contribution in [1.29, 1.82) is 5.26 Å². The van der Waals surface area contributed by atoms with E-state index in [0.29, 0.717) is 11.8 Å².